The minimum Gasteiger partial charge on any atom is -0.463 e. The second-order valence-electron chi connectivity index (χ2n) is 8.86. The zero-order valence-corrected chi connectivity index (χ0v) is 18.7. The Hall–Kier alpha value is -2.52. The maximum absolute atomic E-state index is 9.68. The molecule has 3 N–H and O–H groups in total. The Morgan fingerprint density at radius 2 is 2.16 bits per heavy atom. The smallest absolute Gasteiger partial charge is 0.227 e. The van der Waals surface area contributed by atoms with Crippen LogP contribution in [0.5, 0.6) is 0 Å². The van der Waals surface area contributed by atoms with Crippen LogP contribution in [0.25, 0.3) is 11.5 Å². The lowest BCUT2D eigenvalue weighted by Crippen LogP contribution is -2.37. The monoisotopic (exact) mass is 440 g/mol. The second-order valence-corrected chi connectivity index (χ2v) is 9.97. The number of aliphatic hydroxyl groups excluding tert-OH is 1. The van der Waals surface area contributed by atoms with Gasteiger partial charge in [0.25, 0.3) is 0 Å². The van der Waals surface area contributed by atoms with E-state index < -0.39 is 5.54 Å². The molecule has 0 aromatic carbocycles. The molecule has 0 spiro atoms. The number of aromatic amines is 1. The highest BCUT2D eigenvalue weighted by atomic mass is 32.2. The molecule has 5 heterocycles. The first-order valence-corrected chi connectivity index (χ1v) is 11.8. The normalized spacial score (nSPS) is 17.2. The van der Waals surface area contributed by atoms with Crippen molar-refractivity contribution in [1.29, 1.82) is 0 Å². The summed E-state index contributed by atoms with van der Waals surface area (Å²) in [7, 11) is 0. The summed E-state index contributed by atoms with van der Waals surface area (Å²) in [4.78, 5) is 13.2. The van der Waals surface area contributed by atoms with Crippen LogP contribution in [-0.2, 0) is 6.42 Å². The summed E-state index contributed by atoms with van der Waals surface area (Å²) >= 11 is 1.79. The van der Waals surface area contributed by atoms with Crippen LogP contribution in [0.3, 0.4) is 0 Å². The molecule has 2 aliphatic rings. The summed E-state index contributed by atoms with van der Waals surface area (Å²) < 4.78 is 5.45. The summed E-state index contributed by atoms with van der Waals surface area (Å²) in [5, 5.41) is 20.7. The van der Waals surface area contributed by atoms with E-state index in [1.54, 1.807) is 18.0 Å². The van der Waals surface area contributed by atoms with Crippen LogP contribution in [0.4, 0.5) is 11.8 Å². The summed E-state index contributed by atoms with van der Waals surface area (Å²) in [6, 6.07) is 5.90. The van der Waals surface area contributed by atoms with Gasteiger partial charge in [0.05, 0.1) is 29.0 Å². The number of hydrogen-bond donors (Lipinski definition) is 3. The van der Waals surface area contributed by atoms with Crippen LogP contribution in [0.15, 0.2) is 33.8 Å². The van der Waals surface area contributed by atoms with E-state index in [0.717, 1.165) is 77.6 Å². The predicted octanol–water partition coefficient (Wildman–Crippen LogP) is 3.67. The van der Waals surface area contributed by atoms with Crippen molar-refractivity contribution in [1.82, 2.24) is 20.2 Å². The van der Waals surface area contributed by atoms with Gasteiger partial charge in [0.15, 0.2) is 5.76 Å². The van der Waals surface area contributed by atoms with Gasteiger partial charge in [-0.25, -0.2) is 4.98 Å². The van der Waals surface area contributed by atoms with Crippen molar-refractivity contribution in [3.05, 3.63) is 35.9 Å². The van der Waals surface area contributed by atoms with Crippen LogP contribution in [0.2, 0.25) is 0 Å². The van der Waals surface area contributed by atoms with Gasteiger partial charge in [-0.05, 0) is 44.9 Å². The molecule has 0 saturated carbocycles. The molecule has 164 valence electrons. The number of piperidine rings is 1. The Balaban J connectivity index is 1.30. The van der Waals surface area contributed by atoms with E-state index in [-0.39, 0.29) is 6.61 Å². The summed E-state index contributed by atoms with van der Waals surface area (Å²) in [6.45, 7) is 5.80. The molecule has 0 radical (unpaired) electrons. The van der Waals surface area contributed by atoms with Gasteiger partial charge in [-0.1, -0.05) is 0 Å². The minimum absolute atomic E-state index is 0.0430. The van der Waals surface area contributed by atoms with Gasteiger partial charge in [0, 0.05) is 36.9 Å². The Labute approximate surface area is 185 Å². The number of furan rings is 1. The number of thioether (sulfide) groups is 1. The third kappa shape index (κ3) is 4.16. The van der Waals surface area contributed by atoms with E-state index in [9.17, 15) is 5.11 Å². The fourth-order valence-electron chi connectivity index (χ4n) is 4.13. The molecule has 1 fully saturated rings. The number of hydrogen-bond acceptors (Lipinski definition) is 8. The van der Waals surface area contributed by atoms with Crippen LogP contribution < -0.4 is 10.2 Å². The molecule has 8 nitrogen and oxygen atoms in total. The van der Waals surface area contributed by atoms with Gasteiger partial charge < -0.3 is 19.7 Å². The maximum Gasteiger partial charge on any atom is 0.227 e. The lowest BCUT2D eigenvalue weighted by atomic mass is 9.93. The molecule has 0 bridgehead atoms. The third-order valence-electron chi connectivity index (χ3n) is 5.95. The number of aromatic nitrogens is 4. The van der Waals surface area contributed by atoms with Gasteiger partial charge in [-0.3, -0.25) is 5.10 Å². The molecular formula is C22H28N6O2S. The lowest BCUT2D eigenvalue weighted by Gasteiger charge is -2.32. The molecule has 31 heavy (non-hydrogen) atoms. The molecule has 0 aliphatic carbocycles. The quantitative estimate of drug-likeness (QED) is 0.533. The number of fused-ring (bicyclic) bond motifs is 1. The molecule has 0 amide bonds. The standard InChI is InChI=1S/C22H28N6O2S/c1-22(2,13-29)25-20-19-15(7-11-31-19)23-21(24-20)28-8-5-14(6-9-28)16-12-17(27-26-16)18-4-3-10-30-18/h3-4,10,12,14,29H,5-9,11,13H2,1-2H3,(H,26,27)(H,23,24,25). The molecule has 9 heteroatoms. The number of H-pyrrole nitrogens is 1. The zero-order chi connectivity index (χ0) is 21.4. The highest BCUT2D eigenvalue weighted by Crippen LogP contribution is 2.38. The highest BCUT2D eigenvalue weighted by Gasteiger charge is 2.28. The maximum atomic E-state index is 9.68. The second kappa shape index (κ2) is 8.20. The van der Waals surface area contributed by atoms with Gasteiger partial charge in [0.1, 0.15) is 11.5 Å². The van der Waals surface area contributed by atoms with Crippen molar-refractivity contribution >= 4 is 23.5 Å². The average Bonchev–Trinajstić information content (AvgIpc) is 3.54. The van der Waals surface area contributed by atoms with E-state index in [4.69, 9.17) is 14.4 Å². The molecule has 5 rings (SSSR count). The van der Waals surface area contributed by atoms with Crippen molar-refractivity contribution in [2.75, 3.05) is 35.7 Å². The summed E-state index contributed by atoms with van der Waals surface area (Å²) in [5.74, 6) is 3.89. The van der Waals surface area contributed by atoms with Crippen LogP contribution >= 0.6 is 11.8 Å². The summed E-state index contributed by atoms with van der Waals surface area (Å²) in [6.07, 6.45) is 4.66. The van der Waals surface area contributed by atoms with E-state index in [2.05, 4.69) is 26.5 Å². The molecule has 1 saturated heterocycles. The highest BCUT2D eigenvalue weighted by molar-refractivity contribution is 7.99. The third-order valence-corrected chi connectivity index (χ3v) is 7.08. The SMILES string of the molecule is CC(C)(CO)Nc1nc(N2CCC(c3cc(-c4ccco4)n[nH]3)CC2)nc2c1SCC2. The number of aryl methyl sites for hydroxylation is 1. The van der Waals surface area contributed by atoms with Gasteiger partial charge in [-0.2, -0.15) is 10.1 Å². The van der Waals surface area contributed by atoms with E-state index >= 15 is 0 Å². The van der Waals surface area contributed by atoms with Gasteiger partial charge in [0.2, 0.25) is 5.95 Å². The van der Waals surface area contributed by atoms with E-state index in [1.165, 1.54) is 0 Å². The van der Waals surface area contributed by atoms with Gasteiger partial charge >= 0.3 is 0 Å². The van der Waals surface area contributed by atoms with Gasteiger partial charge in [-0.15, -0.1) is 11.8 Å². The fraction of sp³-hybridized carbons (Fsp3) is 0.500. The Morgan fingerprint density at radius 1 is 1.32 bits per heavy atom. The number of nitrogens with one attached hydrogen (secondary N) is 2. The molecule has 3 aromatic heterocycles. The largest absolute Gasteiger partial charge is 0.463 e. The number of nitrogens with zero attached hydrogens (tertiary/aromatic N) is 4. The van der Waals surface area contributed by atoms with E-state index in [1.807, 2.05) is 26.0 Å². The first kappa shape index (κ1) is 20.4. The van der Waals surface area contributed by atoms with Crippen LogP contribution in [0.1, 0.15) is 44.0 Å². The average molecular weight is 441 g/mol. The molecule has 2 aliphatic heterocycles. The minimum atomic E-state index is -0.429. The molecule has 3 aromatic rings. The van der Waals surface area contributed by atoms with Crippen molar-refractivity contribution < 1.29 is 9.52 Å². The van der Waals surface area contributed by atoms with Crippen molar-refractivity contribution in [3.63, 3.8) is 0 Å². The Kier molecular flexibility index (Phi) is 5.39. The number of rotatable bonds is 6. The first-order valence-electron chi connectivity index (χ1n) is 10.8. The topological polar surface area (TPSA) is 103 Å². The number of anilines is 2. The molecule has 0 atom stereocenters. The van der Waals surface area contributed by atoms with Crippen molar-refractivity contribution in [2.24, 2.45) is 0 Å². The summed E-state index contributed by atoms with van der Waals surface area (Å²) in [5.41, 5.74) is 2.69. The molecule has 0 unspecified atom stereocenters. The number of aliphatic hydroxyl groups is 1. The fourth-order valence-corrected chi connectivity index (χ4v) is 5.18. The van der Waals surface area contributed by atoms with Crippen molar-refractivity contribution in [2.45, 2.75) is 49.5 Å². The lowest BCUT2D eigenvalue weighted by molar-refractivity contribution is 0.233. The first-order chi connectivity index (χ1) is 15.0. The predicted molar refractivity (Wildman–Crippen MR) is 122 cm³/mol. The zero-order valence-electron chi connectivity index (χ0n) is 17.9. The van der Waals surface area contributed by atoms with Crippen molar-refractivity contribution in [3.8, 4) is 11.5 Å². The van der Waals surface area contributed by atoms with Crippen LogP contribution in [0, 0.1) is 0 Å². The van der Waals surface area contributed by atoms with E-state index in [0.29, 0.717) is 5.92 Å². The Morgan fingerprint density at radius 3 is 2.90 bits per heavy atom. The Bertz CT molecular complexity index is 1040. The van der Waals surface area contributed by atoms with Crippen LogP contribution in [-0.4, -0.2) is 56.3 Å². The molecular weight excluding hydrogens is 412 g/mol.